The Hall–Kier alpha value is -0.940. The summed E-state index contributed by atoms with van der Waals surface area (Å²) >= 11 is 7.81. The highest BCUT2D eigenvalue weighted by Gasteiger charge is 2.09. The van der Waals surface area contributed by atoms with Crippen molar-refractivity contribution >= 4 is 40.5 Å². The first kappa shape index (κ1) is 14.5. The smallest absolute Gasteiger partial charge is 0.202 e. The van der Waals surface area contributed by atoms with Crippen LogP contribution in [0.25, 0.3) is 11.2 Å². The number of hydrogen-bond acceptors (Lipinski definition) is 4. The topological polar surface area (TPSA) is 56.7 Å². The molecule has 0 unspecified atom stereocenters. The SMILES string of the molecule is CSCCCCCCn1c(N)nc2cc(Cl)cnc21. The van der Waals surface area contributed by atoms with Crippen LogP contribution in [-0.2, 0) is 6.54 Å². The van der Waals surface area contributed by atoms with Gasteiger partial charge in [-0.25, -0.2) is 9.97 Å². The number of hydrogen-bond donors (Lipinski definition) is 1. The lowest BCUT2D eigenvalue weighted by molar-refractivity contribution is 0.595. The van der Waals surface area contributed by atoms with Crippen LogP contribution in [0, 0.1) is 0 Å². The Morgan fingerprint density at radius 1 is 1.32 bits per heavy atom. The Balaban J connectivity index is 1.95. The van der Waals surface area contributed by atoms with Crippen molar-refractivity contribution in [3.8, 4) is 0 Å². The van der Waals surface area contributed by atoms with E-state index in [1.807, 2.05) is 16.3 Å². The number of nitrogen functional groups attached to an aromatic ring is 1. The molecule has 2 heterocycles. The Kier molecular flexibility index (Phi) is 5.34. The molecule has 2 aromatic rings. The molecule has 0 fully saturated rings. The molecule has 0 aliphatic carbocycles. The molecular weight excluding hydrogens is 280 g/mol. The zero-order valence-corrected chi connectivity index (χ0v) is 12.7. The average molecular weight is 299 g/mol. The van der Waals surface area contributed by atoms with Gasteiger partial charge in [0, 0.05) is 12.7 Å². The molecule has 2 N–H and O–H groups in total. The summed E-state index contributed by atoms with van der Waals surface area (Å²) in [6.45, 7) is 0.871. The lowest BCUT2D eigenvalue weighted by Gasteiger charge is -2.05. The van der Waals surface area contributed by atoms with Crippen LogP contribution in [0.5, 0.6) is 0 Å². The average Bonchev–Trinajstić information content (AvgIpc) is 2.69. The van der Waals surface area contributed by atoms with Crippen molar-refractivity contribution in [1.29, 1.82) is 0 Å². The molecule has 6 heteroatoms. The number of nitrogens with two attached hydrogens (primary N) is 1. The van der Waals surface area contributed by atoms with Crippen LogP contribution >= 0.6 is 23.4 Å². The van der Waals surface area contributed by atoms with E-state index in [2.05, 4.69) is 16.2 Å². The molecule has 0 amide bonds. The van der Waals surface area contributed by atoms with Crippen LogP contribution in [0.15, 0.2) is 12.3 Å². The van der Waals surface area contributed by atoms with Crippen LogP contribution in [0.4, 0.5) is 5.95 Å². The maximum absolute atomic E-state index is 5.93. The molecule has 2 aromatic heterocycles. The lowest BCUT2D eigenvalue weighted by Crippen LogP contribution is -2.04. The molecule has 0 saturated carbocycles. The zero-order chi connectivity index (χ0) is 13.7. The Labute approximate surface area is 122 Å². The third kappa shape index (κ3) is 3.76. The van der Waals surface area contributed by atoms with Gasteiger partial charge >= 0.3 is 0 Å². The number of anilines is 1. The Bertz CT molecular complexity index is 541. The largest absolute Gasteiger partial charge is 0.369 e. The monoisotopic (exact) mass is 298 g/mol. The summed E-state index contributed by atoms with van der Waals surface area (Å²) < 4.78 is 1.97. The summed E-state index contributed by atoms with van der Waals surface area (Å²) in [7, 11) is 0. The molecule has 0 aliphatic rings. The molecule has 0 spiro atoms. The van der Waals surface area contributed by atoms with Gasteiger partial charge in [0.15, 0.2) is 5.65 Å². The van der Waals surface area contributed by atoms with E-state index in [0.29, 0.717) is 11.0 Å². The number of aryl methyl sites for hydroxylation is 1. The summed E-state index contributed by atoms with van der Waals surface area (Å²) in [5.74, 6) is 1.77. The number of imidazole rings is 1. The van der Waals surface area contributed by atoms with E-state index in [0.717, 1.165) is 24.1 Å². The first-order valence-electron chi connectivity index (χ1n) is 6.48. The number of rotatable bonds is 7. The number of fused-ring (bicyclic) bond motifs is 1. The summed E-state index contributed by atoms with van der Waals surface area (Å²) in [5, 5.41) is 0.592. The van der Waals surface area contributed by atoms with Gasteiger partial charge in [0.05, 0.1) is 5.02 Å². The summed E-state index contributed by atoms with van der Waals surface area (Å²) in [4.78, 5) is 8.61. The number of pyridine rings is 1. The fourth-order valence-electron chi connectivity index (χ4n) is 2.09. The van der Waals surface area contributed by atoms with E-state index in [9.17, 15) is 0 Å². The molecule has 2 rings (SSSR count). The molecule has 0 bridgehead atoms. The molecule has 0 aliphatic heterocycles. The van der Waals surface area contributed by atoms with E-state index >= 15 is 0 Å². The second-order valence-corrected chi connectivity index (χ2v) is 5.95. The molecule has 4 nitrogen and oxygen atoms in total. The number of aromatic nitrogens is 3. The van der Waals surface area contributed by atoms with Gasteiger partial charge in [0.25, 0.3) is 0 Å². The Morgan fingerprint density at radius 2 is 2.11 bits per heavy atom. The molecule has 0 radical (unpaired) electrons. The number of halogens is 1. The molecule has 0 aromatic carbocycles. The molecule has 104 valence electrons. The van der Waals surface area contributed by atoms with Crippen molar-refractivity contribution in [2.75, 3.05) is 17.7 Å². The van der Waals surface area contributed by atoms with Crippen LogP contribution in [0.2, 0.25) is 5.02 Å². The van der Waals surface area contributed by atoms with E-state index in [4.69, 9.17) is 17.3 Å². The van der Waals surface area contributed by atoms with Gasteiger partial charge in [0.2, 0.25) is 5.95 Å². The van der Waals surface area contributed by atoms with Gasteiger partial charge < -0.3 is 5.73 Å². The second kappa shape index (κ2) is 7.01. The zero-order valence-electron chi connectivity index (χ0n) is 11.1. The van der Waals surface area contributed by atoms with Gasteiger partial charge in [-0.3, -0.25) is 4.57 Å². The highest BCUT2D eigenvalue weighted by atomic mass is 35.5. The number of nitrogens with zero attached hydrogens (tertiary/aromatic N) is 3. The standard InChI is InChI=1S/C13H19ClN4S/c1-19-7-5-3-2-4-6-18-12-11(17-13(18)15)8-10(14)9-16-12/h8-9H,2-7H2,1H3,(H2,15,17). The van der Waals surface area contributed by atoms with Crippen LogP contribution < -0.4 is 5.73 Å². The Morgan fingerprint density at radius 3 is 2.89 bits per heavy atom. The number of thioether (sulfide) groups is 1. The minimum Gasteiger partial charge on any atom is -0.369 e. The summed E-state index contributed by atoms with van der Waals surface area (Å²) in [6, 6.07) is 1.80. The maximum Gasteiger partial charge on any atom is 0.202 e. The fraction of sp³-hybridized carbons (Fsp3) is 0.538. The lowest BCUT2D eigenvalue weighted by atomic mass is 10.2. The summed E-state index contributed by atoms with van der Waals surface area (Å²) in [6.07, 6.45) is 8.67. The predicted molar refractivity (Wildman–Crippen MR) is 83.8 cm³/mol. The third-order valence-corrected chi connectivity index (χ3v) is 3.96. The first-order valence-corrected chi connectivity index (χ1v) is 8.25. The van der Waals surface area contributed by atoms with E-state index in [1.165, 1.54) is 25.0 Å². The van der Waals surface area contributed by atoms with Crippen LogP contribution in [0.3, 0.4) is 0 Å². The maximum atomic E-state index is 5.93. The quantitative estimate of drug-likeness (QED) is 0.794. The van der Waals surface area contributed by atoms with E-state index in [-0.39, 0.29) is 0 Å². The van der Waals surface area contributed by atoms with Crippen molar-refractivity contribution in [3.63, 3.8) is 0 Å². The van der Waals surface area contributed by atoms with Gasteiger partial charge in [-0.15, -0.1) is 0 Å². The third-order valence-electron chi connectivity index (χ3n) is 3.06. The minimum atomic E-state index is 0.522. The van der Waals surface area contributed by atoms with Crippen molar-refractivity contribution in [2.24, 2.45) is 0 Å². The van der Waals surface area contributed by atoms with Gasteiger partial charge in [-0.1, -0.05) is 24.4 Å². The van der Waals surface area contributed by atoms with Crippen LogP contribution in [-0.4, -0.2) is 26.5 Å². The molecule has 19 heavy (non-hydrogen) atoms. The fourth-order valence-corrected chi connectivity index (χ4v) is 2.74. The van der Waals surface area contributed by atoms with Crippen molar-refractivity contribution in [3.05, 3.63) is 17.3 Å². The normalized spacial score (nSPS) is 11.3. The van der Waals surface area contributed by atoms with Crippen LogP contribution in [0.1, 0.15) is 25.7 Å². The van der Waals surface area contributed by atoms with Crippen molar-refractivity contribution in [1.82, 2.24) is 14.5 Å². The van der Waals surface area contributed by atoms with Gasteiger partial charge in [0.1, 0.15) is 5.52 Å². The molecule has 0 saturated heterocycles. The highest BCUT2D eigenvalue weighted by Crippen LogP contribution is 2.20. The minimum absolute atomic E-state index is 0.522. The van der Waals surface area contributed by atoms with E-state index < -0.39 is 0 Å². The first-order chi connectivity index (χ1) is 9.22. The predicted octanol–water partition coefficient (Wildman–Crippen LogP) is 3.59. The van der Waals surface area contributed by atoms with E-state index in [1.54, 1.807) is 12.3 Å². The highest BCUT2D eigenvalue weighted by molar-refractivity contribution is 7.98. The second-order valence-electron chi connectivity index (χ2n) is 4.52. The van der Waals surface area contributed by atoms with Crippen molar-refractivity contribution in [2.45, 2.75) is 32.2 Å². The summed E-state index contributed by atoms with van der Waals surface area (Å²) in [5.41, 5.74) is 7.53. The van der Waals surface area contributed by atoms with Crippen molar-refractivity contribution < 1.29 is 0 Å². The number of unbranched alkanes of at least 4 members (excludes halogenated alkanes) is 3. The van der Waals surface area contributed by atoms with Gasteiger partial charge in [-0.2, -0.15) is 11.8 Å². The molecular formula is C13H19ClN4S. The van der Waals surface area contributed by atoms with Gasteiger partial charge in [-0.05, 0) is 30.9 Å². The molecule has 0 atom stereocenters.